The minimum atomic E-state index is 0.244. The van der Waals surface area contributed by atoms with E-state index in [2.05, 4.69) is 11.0 Å². The molecular formula is C12H11N3O. The average molecular weight is 213 g/mol. The molecule has 0 aromatic heterocycles. The molecule has 2 aromatic rings. The molecule has 1 aliphatic rings. The molecule has 0 radical (unpaired) electrons. The van der Waals surface area contributed by atoms with E-state index in [1.165, 1.54) is 0 Å². The number of hydrogen-bond acceptors (Lipinski definition) is 4. The number of aromatic hydroxyl groups is 1. The molecule has 2 aromatic carbocycles. The van der Waals surface area contributed by atoms with Gasteiger partial charge in [0.15, 0.2) is 0 Å². The highest BCUT2D eigenvalue weighted by Crippen LogP contribution is 2.37. The number of phenolic OH excluding ortho intramolecular Hbond substituents is 1. The summed E-state index contributed by atoms with van der Waals surface area (Å²) in [5.41, 5.74) is 8.75. The van der Waals surface area contributed by atoms with Crippen LogP contribution in [0.4, 0.5) is 17.1 Å². The molecule has 3 rings (SSSR count). The number of benzene rings is 2. The molecule has 0 bridgehead atoms. The molecule has 80 valence electrons. The maximum atomic E-state index is 9.79. The number of hydrazine groups is 2. The lowest BCUT2D eigenvalue weighted by Gasteiger charge is -2.18. The van der Waals surface area contributed by atoms with Gasteiger partial charge in [0.25, 0.3) is 0 Å². The van der Waals surface area contributed by atoms with Crippen LogP contribution in [0.2, 0.25) is 0 Å². The lowest BCUT2D eigenvalue weighted by Crippen LogP contribution is -2.31. The van der Waals surface area contributed by atoms with Crippen LogP contribution in [0.1, 0.15) is 0 Å². The zero-order valence-corrected chi connectivity index (χ0v) is 8.51. The molecule has 0 atom stereocenters. The molecule has 0 aliphatic carbocycles. The zero-order valence-electron chi connectivity index (χ0n) is 8.51. The Morgan fingerprint density at radius 3 is 2.38 bits per heavy atom. The number of phenols is 1. The number of fused-ring (bicyclic) bond motifs is 1. The van der Waals surface area contributed by atoms with Crippen molar-refractivity contribution in [3.8, 4) is 5.75 Å². The quantitative estimate of drug-likeness (QED) is 0.680. The van der Waals surface area contributed by atoms with Gasteiger partial charge in [-0.15, -0.1) is 5.53 Å². The van der Waals surface area contributed by atoms with Crippen LogP contribution >= 0.6 is 0 Å². The van der Waals surface area contributed by atoms with Gasteiger partial charge in [-0.25, -0.2) is 0 Å². The van der Waals surface area contributed by atoms with Crippen molar-refractivity contribution in [1.29, 1.82) is 0 Å². The Hall–Kier alpha value is -2.20. The fraction of sp³-hybridized carbons (Fsp3) is 0. The fourth-order valence-corrected chi connectivity index (χ4v) is 1.79. The van der Waals surface area contributed by atoms with E-state index in [9.17, 15) is 5.11 Å². The van der Waals surface area contributed by atoms with Crippen molar-refractivity contribution in [1.82, 2.24) is 5.53 Å². The standard InChI is InChI=1S/C12H11N3O/c16-12-8-4-3-7-11(12)15-10-6-2-1-5-9(10)13-14-15/h1-8,13-14,16H. The Morgan fingerprint density at radius 1 is 0.875 bits per heavy atom. The molecule has 3 N–H and O–H groups in total. The summed E-state index contributed by atoms with van der Waals surface area (Å²) in [6.07, 6.45) is 0. The first kappa shape index (κ1) is 9.06. The van der Waals surface area contributed by atoms with E-state index >= 15 is 0 Å². The Bertz CT molecular complexity index is 527. The summed E-state index contributed by atoms with van der Waals surface area (Å²) in [4.78, 5) is 0. The number of anilines is 3. The summed E-state index contributed by atoms with van der Waals surface area (Å²) in [5.74, 6) is 0.244. The molecule has 0 saturated heterocycles. The minimum Gasteiger partial charge on any atom is -0.506 e. The molecule has 1 heterocycles. The second kappa shape index (κ2) is 3.43. The van der Waals surface area contributed by atoms with Gasteiger partial charge in [-0.2, -0.15) is 0 Å². The predicted molar refractivity (Wildman–Crippen MR) is 63.4 cm³/mol. The first-order chi connectivity index (χ1) is 7.86. The smallest absolute Gasteiger partial charge is 0.140 e. The van der Waals surface area contributed by atoms with E-state index in [1.807, 2.05) is 41.4 Å². The summed E-state index contributed by atoms with van der Waals surface area (Å²) in [5, 5.41) is 11.6. The van der Waals surface area contributed by atoms with Gasteiger partial charge in [0.2, 0.25) is 0 Å². The van der Waals surface area contributed by atoms with Gasteiger partial charge >= 0.3 is 0 Å². The molecule has 4 heteroatoms. The van der Waals surface area contributed by atoms with Gasteiger partial charge in [-0.1, -0.05) is 24.3 Å². The maximum absolute atomic E-state index is 9.79. The van der Waals surface area contributed by atoms with Crippen molar-refractivity contribution in [3.05, 3.63) is 48.5 Å². The molecular weight excluding hydrogens is 202 g/mol. The third-order valence-electron chi connectivity index (χ3n) is 2.57. The normalized spacial score (nSPS) is 13.4. The Labute approximate surface area is 93.1 Å². The molecule has 4 nitrogen and oxygen atoms in total. The zero-order chi connectivity index (χ0) is 11.0. The van der Waals surface area contributed by atoms with E-state index in [1.54, 1.807) is 12.1 Å². The summed E-state index contributed by atoms with van der Waals surface area (Å²) < 4.78 is 0. The fourth-order valence-electron chi connectivity index (χ4n) is 1.79. The number of para-hydroxylation sites is 4. The largest absolute Gasteiger partial charge is 0.506 e. The van der Waals surface area contributed by atoms with Crippen LogP contribution < -0.4 is 16.0 Å². The topological polar surface area (TPSA) is 47.5 Å². The van der Waals surface area contributed by atoms with Crippen LogP contribution in [0.5, 0.6) is 5.75 Å². The van der Waals surface area contributed by atoms with E-state index in [4.69, 9.17) is 0 Å². The van der Waals surface area contributed by atoms with Gasteiger partial charge in [0, 0.05) is 0 Å². The van der Waals surface area contributed by atoms with Gasteiger partial charge in [0.1, 0.15) is 11.4 Å². The Kier molecular flexibility index (Phi) is 1.94. The lowest BCUT2D eigenvalue weighted by molar-refractivity contribution is 0.474. The molecule has 0 fully saturated rings. The van der Waals surface area contributed by atoms with Crippen LogP contribution in [0.15, 0.2) is 48.5 Å². The van der Waals surface area contributed by atoms with Crippen molar-refractivity contribution in [2.45, 2.75) is 0 Å². The van der Waals surface area contributed by atoms with Gasteiger partial charge in [-0.3, -0.25) is 5.01 Å². The Morgan fingerprint density at radius 2 is 1.56 bits per heavy atom. The van der Waals surface area contributed by atoms with E-state index in [0.29, 0.717) is 0 Å². The van der Waals surface area contributed by atoms with Crippen LogP contribution in [0, 0.1) is 0 Å². The molecule has 16 heavy (non-hydrogen) atoms. The third kappa shape index (κ3) is 1.28. The predicted octanol–water partition coefficient (Wildman–Crippen LogP) is 2.38. The second-order valence-corrected chi connectivity index (χ2v) is 3.58. The van der Waals surface area contributed by atoms with Crippen LogP contribution in [0.25, 0.3) is 0 Å². The highest BCUT2D eigenvalue weighted by molar-refractivity contribution is 5.81. The van der Waals surface area contributed by atoms with Gasteiger partial charge in [0.05, 0.1) is 11.4 Å². The third-order valence-corrected chi connectivity index (χ3v) is 2.57. The van der Waals surface area contributed by atoms with E-state index < -0.39 is 0 Å². The number of rotatable bonds is 1. The Balaban J connectivity index is 2.08. The van der Waals surface area contributed by atoms with Crippen molar-refractivity contribution >= 4 is 17.1 Å². The number of nitrogens with zero attached hydrogens (tertiary/aromatic N) is 1. The highest BCUT2D eigenvalue weighted by Gasteiger charge is 2.20. The average Bonchev–Trinajstić information content (AvgIpc) is 2.74. The first-order valence-electron chi connectivity index (χ1n) is 5.05. The molecule has 0 saturated carbocycles. The van der Waals surface area contributed by atoms with E-state index in [-0.39, 0.29) is 5.75 Å². The number of nitrogens with one attached hydrogen (secondary N) is 2. The van der Waals surface area contributed by atoms with E-state index in [0.717, 1.165) is 17.1 Å². The molecule has 1 aliphatic heterocycles. The van der Waals surface area contributed by atoms with Crippen LogP contribution in [-0.4, -0.2) is 5.11 Å². The molecule has 0 spiro atoms. The first-order valence-corrected chi connectivity index (χ1v) is 5.05. The summed E-state index contributed by atoms with van der Waals surface area (Å²) in [7, 11) is 0. The summed E-state index contributed by atoms with van der Waals surface area (Å²) in [6, 6.07) is 15.1. The molecule has 0 unspecified atom stereocenters. The monoisotopic (exact) mass is 213 g/mol. The van der Waals surface area contributed by atoms with Crippen molar-refractivity contribution < 1.29 is 5.11 Å². The molecule has 0 amide bonds. The van der Waals surface area contributed by atoms with Gasteiger partial charge in [-0.05, 0) is 24.3 Å². The second-order valence-electron chi connectivity index (χ2n) is 3.58. The summed E-state index contributed by atoms with van der Waals surface area (Å²) >= 11 is 0. The highest BCUT2D eigenvalue weighted by atomic mass is 16.3. The van der Waals surface area contributed by atoms with Crippen molar-refractivity contribution in [2.75, 3.05) is 10.4 Å². The number of hydrogen-bond donors (Lipinski definition) is 3. The maximum Gasteiger partial charge on any atom is 0.140 e. The summed E-state index contributed by atoms with van der Waals surface area (Å²) in [6.45, 7) is 0. The minimum absolute atomic E-state index is 0.244. The van der Waals surface area contributed by atoms with Gasteiger partial charge < -0.3 is 10.5 Å². The van der Waals surface area contributed by atoms with Crippen molar-refractivity contribution in [3.63, 3.8) is 0 Å². The SMILES string of the molecule is Oc1ccccc1N1NNc2ccccc21. The van der Waals surface area contributed by atoms with Crippen molar-refractivity contribution in [2.24, 2.45) is 0 Å². The van der Waals surface area contributed by atoms with Crippen LogP contribution in [0.3, 0.4) is 0 Å². The van der Waals surface area contributed by atoms with Crippen LogP contribution in [-0.2, 0) is 0 Å². The lowest BCUT2D eigenvalue weighted by atomic mass is 10.2.